The molecule has 1 aromatic rings. The highest BCUT2D eigenvalue weighted by Crippen LogP contribution is 2.44. The second kappa shape index (κ2) is 20.1. The largest absolute Gasteiger partial charge is 0.452 e. The van der Waals surface area contributed by atoms with Crippen LogP contribution in [0.25, 0.3) is 5.20 Å². The molecule has 0 amide bonds. The number of carbonyl (C=O) groups is 2. The number of hydrogen-bond donors (Lipinski definition) is 1. The molecule has 12 nitrogen and oxygen atoms in total. The molecule has 4 rings (SSSR count). The van der Waals surface area contributed by atoms with Gasteiger partial charge < -0.3 is 47.4 Å². The second-order valence-electron chi connectivity index (χ2n) is 18.9. The van der Waals surface area contributed by atoms with Crippen LogP contribution in [-0.2, 0) is 51.9 Å². The summed E-state index contributed by atoms with van der Waals surface area (Å²) < 4.78 is 59.5. The van der Waals surface area contributed by atoms with Gasteiger partial charge in [-0.1, -0.05) is 96.2 Å². The molecule has 3 saturated heterocycles. The topological polar surface area (TPSA) is 137 Å². The van der Waals surface area contributed by atoms with Gasteiger partial charge >= 0.3 is 11.9 Å². The summed E-state index contributed by atoms with van der Waals surface area (Å²) in [4.78, 5) is 28.0. The minimum absolute atomic E-state index is 0.226. The SMILES string of the molecule is C=CC[C@H](CCC)O[C@@H]1OC(C)[C@@H]2OC(C)(C)OC2C1O[C@@H]1OC(CO)[C@@H](OC(=O)/C=C(/c2ccccc2)[Si](C)(C)C)C(OC(=O)/C(C)=C/C)C1O[Si](C)(C)C(C)(C)C. The Bertz CT molecular complexity index is 1630. The molecule has 1 N–H and O–H groups in total. The highest BCUT2D eigenvalue weighted by Gasteiger charge is 2.60. The molecule has 0 saturated carbocycles. The van der Waals surface area contributed by atoms with E-state index in [1.165, 1.54) is 6.08 Å². The molecule has 59 heavy (non-hydrogen) atoms. The third-order valence-electron chi connectivity index (χ3n) is 11.6. The number of ether oxygens (including phenoxy) is 8. The van der Waals surface area contributed by atoms with Crippen molar-refractivity contribution in [2.45, 2.75) is 193 Å². The lowest BCUT2D eigenvalue weighted by Crippen LogP contribution is -2.67. The number of esters is 2. The van der Waals surface area contributed by atoms with E-state index in [0.717, 1.165) is 23.6 Å². The van der Waals surface area contributed by atoms with Gasteiger partial charge in [0.1, 0.15) is 30.5 Å². The van der Waals surface area contributed by atoms with Crippen molar-refractivity contribution in [3.8, 4) is 0 Å². The number of allylic oxidation sites excluding steroid dienone is 1. The van der Waals surface area contributed by atoms with Crippen molar-refractivity contribution in [1.29, 1.82) is 0 Å². The quantitative estimate of drug-likeness (QED) is 0.0699. The maximum Gasteiger partial charge on any atom is 0.333 e. The molecule has 332 valence electrons. The highest BCUT2D eigenvalue weighted by molar-refractivity contribution is 6.94. The number of rotatable bonds is 17. The van der Waals surface area contributed by atoms with Crippen LogP contribution in [0.1, 0.15) is 87.1 Å². The van der Waals surface area contributed by atoms with Crippen LogP contribution < -0.4 is 0 Å². The van der Waals surface area contributed by atoms with Crippen molar-refractivity contribution in [3.05, 3.63) is 66.3 Å². The summed E-state index contributed by atoms with van der Waals surface area (Å²) in [6.07, 6.45) is -2.72. The summed E-state index contributed by atoms with van der Waals surface area (Å²) in [5.74, 6) is -2.27. The number of aliphatic hydroxyl groups excluding tert-OH is 1. The maximum atomic E-state index is 14.1. The summed E-state index contributed by atoms with van der Waals surface area (Å²) in [6.45, 7) is 31.2. The Balaban J connectivity index is 1.86. The summed E-state index contributed by atoms with van der Waals surface area (Å²) in [5, 5.41) is 11.6. The molecule has 3 heterocycles. The number of aliphatic hydroxyl groups is 1. The van der Waals surface area contributed by atoms with Crippen LogP contribution in [0.3, 0.4) is 0 Å². The fourth-order valence-electron chi connectivity index (χ4n) is 7.33. The van der Waals surface area contributed by atoms with Gasteiger partial charge in [0, 0.05) is 11.6 Å². The van der Waals surface area contributed by atoms with E-state index in [2.05, 4.69) is 67.0 Å². The van der Waals surface area contributed by atoms with E-state index in [1.807, 2.05) is 57.2 Å². The minimum atomic E-state index is -2.76. The number of benzene rings is 1. The number of fused-ring (bicyclic) bond motifs is 1. The van der Waals surface area contributed by atoms with Crippen molar-refractivity contribution in [2.24, 2.45) is 0 Å². The first-order valence-electron chi connectivity index (χ1n) is 21.2. The van der Waals surface area contributed by atoms with Gasteiger partial charge in [-0.25, -0.2) is 9.59 Å². The molecule has 11 atom stereocenters. The Labute approximate surface area is 355 Å². The molecular formula is C45H72O12Si2. The second-order valence-corrected chi connectivity index (χ2v) is 28.7. The van der Waals surface area contributed by atoms with Crippen molar-refractivity contribution in [3.63, 3.8) is 0 Å². The molecule has 3 fully saturated rings. The van der Waals surface area contributed by atoms with Crippen molar-refractivity contribution in [2.75, 3.05) is 6.61 Å². The number of carbonyl (C=O) groups excluding carboxylic acids is 2. The molecule has 0 bridgehead atoms. The lowest BCUT2D eigenvalue weighted by Gasteiger charge is -2.50. The van der Waals surface area contributed by atoms with Gasteiger partial charge in [0.15, 0.2) is 38.9 Å². The summed E-state index contributed by atoms with van der Waals surface area (Å²) in [7, 11) is -4.86. The summed E-state index contributed by atoms with van der Waals surface area (Å²) >= 11 is 0. The molecule has 0 spiro atoms. The van der Waals surface area contributed by atoms with Crippen LogP contribution in [0.15, 0.2) is 60.7 Å². The summed E-state index contributed by atoms with van der Waals surface area (Å²) in [6, 6.07) is 9.71. The fraction of sp³-hybridized carbons (Fsp3) is 0.689. The Morgan fingerprint density at radius 2 is 1.59 bits per heavy atom. The van der Waals surface area contributed by atoms with Crippen LogP contribution in [0.5, 0.6) is 0 Å². The van der Waals surface area contributed by atoms with Gasteiger partial charge in [-0.2, -0.15) is 0 Å². The van der Waals surface area contributed by atoms with Crippen LogP contribution in [0, 0.1) is 0 Å². The van der Waals surface area contributed by atoms with Crippen LogP contribution in [0.4, 0.5) is 0 Å². The van der Waals surface area contributed by atoms with E-state index in [0.29, 0.717) is 12.0 Å². The molecule has 0 aliphatic carbocycles. The van der Waals surface area contributed by atoms with E-state index < -0.39 is 102 Å². The Morgan fingerprint density at radius 1 is 0.949 bits per heavy atom. The van der Waals surface area contributed by atoms with Crippen LogP contribution >= 0.6 is 0 Å². The lowest BCUT2D eigenvalue weighted by atomic mass is 9.97. The predicted octanol–water partition coefficient (Wildman–Crippen LogP) is 8.26. The van der Waals surface area contributed by atoms with Crippen LogP contribution in [0.2, 0.25) is 37.8 Å². The molecule has 3 aliphatic heterocycles. The Kier molecular flexibility index (Phi) is 16.8. The monoisotopic (exact) mass is 860 g/mol. The van der Waals surface area contributed by atoms with Gasteiger partial charge in [-0.3, -0.25) is 0 Å². The van der Waals surface area contributed by atoms with E-state index >= 15 is 0 Å². The first-order chi connectivity index (χ1) is 27.5. The zero-order valence-corrected chi connectivity index (χ0v) is 39.9. The Morgan fingerprint density at radius 3 is 2.15 bits per heavy atom. The molecule has 0 aromatic heterocycles. The lowest BCUT2D eigenvalue weighted by molar-refractivity contribution is -0.360. The molecule has 0 radical (unpaired) electrons. The Hall–Kier alpha value is -2.51. The predicted molar refractivity (Wildman–Crippen MR) is 232 cm³/mol. The normalized spacial score (nSPS) is 31.0. The van der Waals surface area contributed by atoms with E-state index in [4.69, 9.17) is 42.3 Å². The molecular weight excluding hydrogens is 789 g/mol. The maximum absolute atomic E-state index is 14.1. The zero-order valence-electron chi connectivity index (χ0n) is 37.9. The molecule has 3 aliphatic rings. The third-order valence-corrected chi connectivity index (χ3v) is 18.2. The van der Waals surface area contributed by atoms with Gasteiger partial charge in [-0.05, 0) is 76.4 Å². The van der Waals surface area contributed by atoms with Crippen molar-refractivity contribution in [1.82, 2.24) is 0 Å². The van der Waals surface area contributed by atoms with E-state index in [9.17, 15) is 14.7 Å². The van der Waals surface area contributed by atoms with Crippen molar-refractivity contribution < 1.29 is 57.0 Å². The van der Waals surface area contributed by atoms with Gasteiger partial charge in [0.25, 0.3) is 0 Å². The first-order valence-corrected chi connectivity index (χ1v) is 27.6. The summed E-state index contributed by atoms with van der Waals surface area (Å²) in [5.41, 5.74) is 1.25. The molecule has 14 heteroatoms. The highest BCUT2D eigenvalue weighted by atomic mass is 28.4. The minimum Gasteiger partial charge on any atom is -0.452 e. The first kappa shape index (κ1) is 49.2. The average Bonchev–Trinajstić information content (AvgIpc) is 3.48. The van der Waals surface area contributed by atoms with Crippen molar-refractivity contribution >= 4 is 33.5 Å². The molecule has 1 aromatic carbocycles. The van der Waals surface area contributed by atoms with Gasteiger partial charge in [0.05, 0.1) is 26.9 Å². The standard InChI is InChI=1S/C45H72O12Si2/c1-16-22-31(23-17-2)50-42-39(38-35(29(5)49-42)55-45(9,10)56-38)54-43-40(57-59(14,15)44(6,7)8)37(53-41(48)28(4)18-3)36(32(27-46)51-43)52-34(47)26-33(58(11,12)13)30-24-20-19-21-25-30/h16,18-21,24-26,29,31-32,35-40,42-43,46H,1,17,22-23,27H2,2-15H3/b28-18+,33-26-/t29?,31-,32?,35+,36-,37?,38?,39?,40?,42+,43+/m1/s1. The number of hydrogen-bond acceptors (Lipinski definition) is 12. The average molecular weight is 861 g/mol. The van der Waals surface area contributed by atoms with Crippen LogP contribution in [-0.4, -0.2) is 113 Å². The smallest absolute Gasteiger partial charge is 0.333 e. The van der Waals surface area contributed by atoms with Gasteiger partial charge in [-0.15, -0.1) is 6.58 Å². The van der Waals surface area contributed by atoms with E-state index in [-0.39, 0.29) is 11.1 Å². The van der Waals surface area contributed by atoms with Gasteiger partial charge in [0.2, 0.25) is 0 Å². The fourth-order valence-corrected chi connectivity index (χ4v) is 10.2. The zero-order chi connectivity index (χ0) is 44.1. The van der Waals surface area contributed by atoms with E-state index in [1.54, 1.807) is 19.9 Å². The third kappa shape index (κ3) is 12.3. The molecule has 6 unspecified atom stereocenters.